The van der Waals surface area contributed by atoms with Crippen LogP contribution in [0.25, 0.3) is 95.5 Å². The summed E-state index contributed by atoms with van der Waals surface area (Å²) >= 11 is 5.91. The van der Waals surface area contributed by atoms with Gasteiger partial charge < -0.3 is 11.4 Å². The second kappa shape index (κ2) is 25.7. The average Bonchev–Trinajstić information content (AvgIpc) is 1.57. The van der Waals surface area contributed by atoms with Crippen molar-refractivity contribution in [3.05, 3.63) is 295 Å². The van der Waals surface area contributed by atoms with E-state index in [0.29, 0.717) is 96.6 Å². The lowest BCUT2D eigenvalue weighted by Gasteiger charge is -2.20. The maximum Gasteiger partial charge on any atom is 1.20 e. The molecule has 522 valence electrons. The summed E-state index contributed by atoms with van der Waals surface area (Å²) in [6.07, 6.45) is 5.18. The number of sulfone groups is 3. The van der Waals surface area contributed by atoms with E-state index in [1.165, 1.54) is 0 Å². The van der Waals surface area contributed by atoms with Crippen molar-refractivity contribution in [3.63, 3.8) is 0 Å². The Kier molecular flexibility index (Phi) is 16.6. The van der Waals surface area contributed by atoms with Gasteiger partial charge in [0.2, 0.25) is 29.5 Å². The van der Waals surface area contributed by atoms with Crippen LogP contribution in [0, 0.1) is 62.3 Å². The quantitative estimate of drug-likeness (QED) is 0.0892. The van der Waals surface area contributed by atoms with E-state index >= 15 is 0 Å². The summed E-state index contributed by atoms with van der Waals surface area (Å²) in [5, 5.41) is 2.35. The van der Waals surface area contributed by atoms with Gasteiger partial charge in [-0.3, -0.25) is 15.0 Å². The molecule has 6 aromatic carbocycles. The topological polar surface area (TPSA) is 169 Å². The molecule has 9 aromatic heterocycles. The van der Waals surface area contributed by atoms with Crippen LogP contribution in [0.4, 0.5) is 0 Å². The molecule has 0 spiro atoms. The monoisotopic (exact) mass is 1570 g/mol. The van der Waals surface area contributed by atoms with Crippen LogP contribution in [0.1, 0.15) is 94.0 Å². The first kappa shape index (κ1) is 68.6. The van der Waals surface area contributed by atoms with Crippen molar-refractivity contribution in [3.8, 4) is 48.6 Å². The molecule has 0 saturated heterocycles. The van der Waals surface area contributed by atoms with Crippen LogP contribution >= 0.6 is 68.0 Å². The lowest BCUT2D eigenvalue weighted by Crippen LogP contribution is -2.37. The number of thiophene rings is 6. The highest BCUT2D eigenvalue weighted by atomic mass is 32.2. The number of rotatable bonds is 15. The number of pyridine rings is 3. The van der Waals surface area contributed by atoms with Gasteiger partial charge in [-0.1, -0.05) is 72.8 Å². The Morgan fingerprint density at radius 1 is 0.283 bits per heavy atom. The first-order valence-corrected chi connectivity index (χ1v) is 44.7. The van der Waals surface area contributed by atoms with Crippen molar-refractivity contribution < 1.29 is 36.6 Å². The molecule has 15 aromatic rings. The molecule has 22 heteroatoms. The average molecular weight is 1570 g/mol. The second-order valence-electron chi connectivity index (χ2n) is 26.5. The molecular formula is C84H60AlN3O9S9. The van der Waals surface area contributed by atoms with Crippen molar-refractivity contribution in [2.24, 2.45) is 0 Å². The Morgan fingerprint density at radius 3 is 0.830 bits per heavy atom. The van der Waals surface area contributed by atoms with Crippen molar-refractivity contribution in [1.82, 2.24) is 15.0 Å². The Labute approximate surface area is 642 Å². The molecule has 3 aliphatic heterocycles. The van der Waals surface area contributed by atoms with E-state index in [0.717, 1.165) is 125 Å². The molecule has 0 amide bonds. The zero-order valence-corrected chi connectivity index (χ0v) is 66.8. The normalized spacial score (nSPS) is 14.8. The predicted molar refractivity (Wildman–Crippen MR) is 437 cm³/mol. The SMILES string of the molecule is Cc1cc(C2=C(c3cc(-c4ccc([O][Al]([O]c5ccc(-c6cc(C7=C(c8cc(C)sc8C)S(=O)(=O)c8ccccc87)c(C)s6)c6cccnc56)[O]c5ccc(-c6cc(C7=C(c8cc(C)sc8C)S(=O)(=O)c8ccccc87)c(C)s6)c6cccnc56)c5ncccc45)sc3C)c3ccccc3S2(=O)=O)c(C)s1. The van der Waals surface area contributed by atoms with Crippen LogP contribution < -0.4 is 11.4 Å². The Bertz CT molecular complexity index is 6170. The zero-order chi connectivity index (χ0) is 73.1. The smallest absolute Gasteiger partial charge is 0.576 e. The van der Waals surface area contributed by atoms with Gasteiger partial charge in [-0.25, -0.2) is 25.3 Å². The van der Waals surface area contributed by atoms with Gasteiger partial charge in [0.15, 0.2) is 0 Å². The third-order valence-corrected chi connectivity index (χ3v) is 33.1. The predicted octanol–water partition coefficient (Wildman–Crippen LogP) is 22.1. The number of nitrogens with zero attached hydrogens (tertiary/aromatic N) is 3. The molecule has 12 nitrogen and oxygen atoms in total. The molecule has 0 fully saturated rings. The first-order chi connectivity index (χ1) is 51.0. The van der Waals surface area contributed by atoms with E-state index in [2.05, 4.69) is 18.2 Å². The number of aryl methyl sites for hydroxylation is 9. The highest BCUT2D eigenvalue weighted by Gasteiger charge is 2.47. The highest BCUT2D eigenvalue weighted by molar-refractivity contribution is 8.02. The van der Waals surface area contributed by atoms with E-state index in [1.54, 1.807) is 123 Å². The van der Waals surface area contributed by atoms with Crippen molar-refractivity contribution >= 4 is 177 Å². The summed E-state index contributed by atoms with van der Waals surface area (Å²) in [6, 6.07) is 57.5. The maximum absolute atomic E-state index is 14.7. The van der Waals surface area contributed by atoms with Crippen LogP contribution in [0.2, 0.25) is 0 Å². The highest BCUT2D eigenvalue weighted by Crippen LogP contribution is 2.56. The van der Waals surface area contributed by atoms with Gasteiger partial charge in [-0.05, 0) is 188 Å². The fraction of sp³-hybridized carbons (Fsp3) is 0.107. The molecule has 0 unspecified atom stereocenters. The summed E-state index contributed by atoms with van der Waals surface area (Å²) in [4.78, 5) is 28.4. The van der Waals surface area contributed by atoms with Gasteiger partial charge in [0.1, 0.15) is 33.8 Å². The van der Waals surface area contributed by atoms with Crippen molar-refractivity contribution in [2.45, 2.75) is 77.0 Å². The van der Waals surface area contributed by atoms with Gasteiger partial charge in [0.25, 0.3) is 0 Å². The summed E-state index contributed by atoms with van der Waals surface area (Å²) in [5.74, 6) is 1.19. The van der Waals surface area contributed by atoms with Gasteiger partial charge in [-0.15, -0.1) is 68.0 Å². The van der Waals surface area contributed by atoms with Crippen LogP contribution in [-0.2, 0) is 29.5 Å². The fourth-order valence-corrected chi connectivity index (χ4v) is 28.7. The first-order valence-electron chi connectivity index (χ1n) is 34.0. The minimum absolute atomic E-state index is 0.296. The second-order valence-corrected chi connectivity index (χ2v) is 41.5. The lowest BCUT2D eigenvalue weighted by atomic mass is 9.95. The van der Waals surface area contributed by atoms with E-state index < -0.39 is 44.7 Å². The van der Waals surface area contributed by atoms with Crippen LogP contribution in [0.15, 0.2) is 215 Å². The largest absolute Gasteiger partial charge is 1.20 e. The Balaban J connectivity index is 0.756. The molecule has 3 aliphatic rings. The summed E-state index contributed by atoms with van der Waals surface area (Å²) in [6.45, 7) is 18.1. The van der Waals surface area contributed by atoms with E-state index in [9.17, 15) is 25.3 Å². The van der Waals surface area contributed by atoms with Gasteiger partial charge >= 0.3 is 15.1 Å². The van der Waals surface area contributed by atoms with Gasteiger partial charge in [-0.2, -0.15) is 0 Å². The molecule has 18 rings (SSSR count). The molecule has 12 heterocycles. The fourth-order valence-electron chi connectivity index (χ4n) is 15.4. The molecule has 0 bridgehead atoms. The maximum atomic E-state index is 14.7. The Morgan fingerprint density at radius 2 is 0.557 bits per heavy atom. The number of aromatic nitrogens is 3. The Hall–Kier alpha value is -9.25. The third kappa shape index (κ3) is 11.0. The van der Waals surface area contributed by atoms with Crippen LogP contribution in [-0.4, -0.2) is 55.4 Å². The van der Waals surface area contributed by atoms with Crippen LogP contribution in [0.3, 0.4) is 0 Å². The molecule has 0 N–H and O–H groups in total. The van der Waals surface area contributed by atoms with Crippen molar-refractivity contribution in [1.29, 1.82) is 0 Å². The van der Waals surface area contributed by atoms with E-state index in [4.69, 9.17) is 26.3 Å². The summed E-state index contributed by atoms with van der Waals surface area (Å²) in [5.41, 5.74) is 13.0. The van der Waals surface area contributed by atoms with Crippen LogP contribution in [0.5, 0.6) is 17.2 Å². The van der Waals surface area contributed by atoms with Gasteiger partial charge in [0, 0.05) is 160 Å². The van der Waals surface area contributed by atoms with Crippen molar-refractivity contribution in [2.75, 3.05) is 0 Å². The lowest BCUT2D eigenvalue weighted by molar-refractivity contribution is 0.311. The summed E-state index contributed by atoms with van der Waals surface area (Å²) in [7, 11) is -11.6. The minimum atomic E-state index is -3.88. The number of benzene rings is 6. The molecule has 0 saturated carbocycles. The van der Waals surface area contributed by atoms with E-state index in [1.807, 2.05) is 190 Å². The molecule has 0 aliphatic carbocycles. The third-order valence-electron chi connectivity index (χ3n) is 19.9. The number of hydrogen-bond donors (Lipinski definition) is 0. The van der Waals surface area contributed by atoms with E-state index in [-0.39, 0.29) is 0 Å². The number of fused-ring (bicyclic) bond motifs is 6. The minimum Gasteiger partial charge on any atom is -0.576 e. The number of hydrogen-bond acceptors (Lipinski definition) is 18. The molecule has 106 heavy (non-hydrogen) atoms. The molecular weight excluding hydrogens is 1510 g/mol. The summed E-state index contributed by atoms with van der Waals surface area (Å²) < 4.78 is 110. The molecule has 0 radical (unpaired) electrons. The molecule has 0 atom stereocenters. The standard InChI is InChI=1S/3C28H21NO3S3.Al/c3*1-15-13-22(17(3)33-15)28-26(20-7-4-5-9-25(20)35(28,31)32)21-14-24(34-16(21)2)18-10-11-23(30)27-19(18)8-6-12-29-27;/h3*4-14,30H,1-3H3;/q;;;+3/p-3. The van der Waals surface area contributed by atoms with Gasteiger partial charge in [0.05, 0.1) is 29.4 Å². The zero-order valence-electron chi connectivity index (χ0n) is 58.3.